The van der Waals surface area contributed by atoms with Gasteiger partial charge in [-0.3, -0.25) is 0 Å². The van der Waals surface area contributed by atoms with Crippen molar-refractivity contribution in [3.05, 3.63) is 12.3 Å². The van der Waals surface area contributed by atoms with Crippen molar-refractivity contribution in [2.75, 3.05) is 13.2 Å². The first-order valence-corrected chi connectivity index (χ1v) is 10.5. The SMILES string of the molecule is CCCCOc1ccnn1COCC[Si](C)(C)C. The third-order valence-electron chi connectivity index (χ3n) is 2.64. The van der Waals surface area contributed by atoms with Crippen molar-refractivity contribution < 1.29 is 9.47 Å². The van der Waals surface area contributed by atoms with Gasteiger partial charge in [-0.05, 0) is 12.5 Å². The topological polar surface area (TPSA) is 36.3 Å². The second kappa shape index (κ2) is 7.58. The molecule has 0 aliphatic carbocycles. The number of ether oxygens (including phenoxy) is 2. The van der Waals surface area contributed by atoms with E-state index in [2.05, 4.69) is 31.7 Å². The molecule has 0 spiro atoms. The second-order valence-corrected chi connectivity index (χ2v) is 11.3. The van der Waals surface area contributed by atoms with Gasteiger partial charge in [-0.2, -0.15) is 5.10 Å². The van der Waals surface area contributed by atoms with Gasteiger partial charge in [0, 0.05) is 20.7 Å². The summed E-state index contributed by atoms with van der Waals surface area (Å²) >= 11 is 0. The molecule has 0 aromatic carbocycles. The first-order chi connectivity index (χ1) is 8.53. The standard InChI is InChI=1S/C13H26N2O2Si/c1-5-6-9-17-13-7-8-14-15(13)12-16-10-11-18(2,3)4/h7-8H,5-6,9-12H2,1-4H3. The van der Waals surface area contributed by atoms with Crippen LogP contribution in [0.2, 0.25) is 25.7 Å². The second-order valence-electron chi connectivity index (χ2n) is 5.72. The van der Waals surface area contributed by atoms with Crippen LogP contribution in [0, 0.1) is 0 Å². The highest BCUT2D eigenvalue weighted by Crippen LogP contribution is 2.12. The Balaban J connectivity index is 2.27. The molecule has 0 saturated carbocycles. The molecule has 1 heterocycles. The van der Waals surface area contributed by atoms with Crippen molar-refractivity contribution in [2.45, 2.75) is 52.2 Å². The number of aromatic nitrogens is 2. The Kier molecular flexibility index (Phi) is 6.42. The van der Waals surface area contributed by atoms with Gasteiger partial charge in [0.05, 0.1) is 12.8 Å². The molecule has 1 rings (SSSR count). The van der Waals surface area contributed by atoms with E-state index >= 15 is 0 Å². The summed E-state index contributed by atoms with van der Waals surface area (Å²) in [7, 11) is -1.00. The van der Waals surface area contributed by atoms with E-state index < -0.39 is 8.07 Å². The highest BCUT2D eigenvalue weighted by molar-refractivity contribution is 6.76. The summed E-state index contributed by atoms with van der Waals surface area (Å²) in [5.74, 6) is 0.802. The Hall–Kier alpha value is -0.813. The van der Waals surface area contributed by atoms with E-state index in [0.717, 1.165) is 31.9 Å². The summed E-state index contributed by atoms with van der Waals surface area (Å²) < 4.78 is 13.1. The quantitative estimate of drug-likeness (QED) is 0.510. The first kappa shape index (κ1) is 15.2. The van der Waals surface area contributed by atoms with E-state index in [1.54, 1.807) is 10.9 Å². The lowest BCUT2D eigenvalue weighted by molar-refractivity contribution is 0.0702. The van der Waals surface area contributed by atoms with Crippen molar-refractivity contribution in [3.8, 4) is 5.88 Å². The number of hydrogen-bond donors (Lipinski definition) is 0. The summed E-state index contributed by atoms with van der Waals surface area (Å²) in [6.45, 7) is 11.2. The van der Waals surface area contributed by atoms with E-state index in [1.807, 2.05) is 6.07 Å². The molecule has 1 aromatic rings. The maximum atomic E-state index is 5.66. The van der Waals surface area contributed by atoms with Crippen LogP contribution in [-0.4, -0.2) is 31.1 Å². The molecule has 0 radical (unpaired) electrons. The summed E-state index contributed by atoms with van der Waals surface area (Å²) in [6, 6.07) is 3.07. The molecule has 0 N–H and O–H groups in total. The van der Waals surface area contributed by atoms with Crippen molar-refractivity contribution in [1.29, 1.82) is 0 Å². The molecule has 0 amide bonds. The number of nitrogens with zero attached hydrogens (tertiary/aromatic N) is 2. The summed E-state index contributed by atoms with van der Waals surface area (Å²) in [6.07, 6.45) is 3.96. The zero-order valence-corrected chi connectivity index (χ0v) is 13.1. The molecular weight excluding hydrogens is 244 g/mol. The molecular formula is C13H26N2O2Si. The smallest absolute Gasteiger partial charge is 0.213 e. The minimum Gasteiger partial charge on any atom is -0.478 e. The van der Waals surface area contributed by atoms with E-state index in [-0.39, 0.29) is 0 Å². The van der Waals surface area contributed by atoms with Crippen molar-refractivity contribution in [2.24, 2.45) is 0 Å². The monoisotopic (exact) mass is 270 g/mol. The molecule has 1 aromatic heterocycles. The molecule has 104 valence electrons. The van der Waals surface area contributed by atoms with E-state index in [4.69, 9.17) is 9.47 Å². The van der Waals surface area contributed by atoms with Gasteiger partial charge in [-0.1, -0.05) is 33.0 Å². The van der Waals surface area contributed by atoms with Gasteiger partial charge >= 0.3 is 0 Å². The zero-order valence-electron chi connectivity index (χ0n) is 12.1. The predicted octanol–water partition coefficient (Wildman–Crippen LogP) is 3.37. The molecule has 18 heavy (non-hydrogen) atoms. The predicted molar refractivity (Wildman–Crippen MR) is 76.7 cm³/mol. The van der Waals surface area contributed by atoms with Gasteiger partial charge < -0.3 is 9.47 Å². The van der Waals surface area contributed by atoms with Crippen LogP contribution < -0.4 is 4.74 Å². The Morgan fingerprint density at radius 1 is 1.28 bits per heavy atom. The third-order valence-corrected chi connectivity index (χ3v) is 4.34. The van der Waals surface area contributed by atoms with Gasteiger partial charge in [0.15, 0.2) is 0 Å². The zero-order chi connectivity index (χ0) is 13.4. The average Bonchev–Trinajstić information content (AvgIpc) is 2.71. The van der Waals surface area contributed by atoms with Crippen molar-refractivity contribution in [3.63, 3.8) is 0 Å². The molecule has 0 atom stereocenters. The third kappa shape index (κ3) is 6.21. The van der Waals surface area contributed by atoms with Gasteiger partial charge in [0.1, 0.15) is 6.73 Å². The van der Waals surface area contributed by atoms with Crippen LogP contribution in [0.3, 0.4) is 0 Å². The molecule has 0 aliphatic rings. The van der Waals surface area contributed by atoms with Crippen molar-refractivity contribution >= 4 is 8.07 Å². The summed E-state index contributed by atoms with van der Waals surface area (Å²) in [5.41, 5.74) is 0. The lowest BCUT2D eigenvalue weighted by Gasteiger charge is -2.15. The fourth-order valence-corrected chi connectivity index (χ4v) is 2.15. The Morgan fingerprint density at radius 3 is 2.72 bits per heavy atom. The van der Waals surface area contributed by atoms with Crippen LogP contribution >= 0.6 is 0 Å². The van der Waals surface area contributed by atoms with Gasteiger partial charge in [-0.15, -0.1) is 0 Å². The molecule has 4 nitrogen and oxygen atoms in total. The van der Waals surface area contributed by atoms with E-state index in [0.29, 0.717) is 6.73 Å². The summed E-state index contributed by atoms with van der Waals surface area (Å²) in [5, 5.41) is 4.21. The highest BCUT2D eigenvalue weighted by atomic mass is 28.3. The molecule has 0 saturated heterocycles. The Labute approximate surface area is 111 Å². The van der Waals surface area contributed by atoms with Crippen LogP contribution in [-0.2, 0) is 11.5 Å². The van der Waals surface area contributed by atoms with Gasteiger partial charge in [-0.25, -0.2) is 4.68 Å². The first-order valence-electron chi connectivity index (χ1n) is 6.75. The van der Waals surface area contributed by atoms with E-state index in [9.17, 15) is 0 Å². The number of unbranched alkanes of at least 4 members (excludes halogenated alkanes) is 1. The lowest BCUT2D eigenvalue weighted by Crippen LogP contribution is -2.22. The minimum absolute atomic E-state index is 0.485. The largest absolute Gasteiger partial charge is 0.478 e. The Morgan fingerprint density at radius 2 is 2.06 bits per heavy atom. The summed E-state index contributed by atoms with van der Waals surface area (Å²) in [4.78, 5) is 0. The van der Waals surface area contributed by atoms with Crippen LogP contribution in [0.4, 0.5) is 0 Å². The minimum atomic E-state index is -1.00. The van der Waals surface area contributed by atoms with Crippen LogP contribution in [0.1, 0.15) is 19.8 Å². The highest BCUT2D eigenvalue weighted by Gasteiger charge is 2.12. The normalized spacial score (nSPS) is 11.8. The van der Waals surface area contributed by atoms with Crippen molar-refractivity contribution in [1.82, 2.24) is 9.78 Å². The van der Waals surface area contributed by atoms with Crippen LogP contribution in [0.15, 0.2) is 12.3 Å². The number of rotatable bonds is 9. The fourth-order valence-electron chi connectivity index (χ4n) is 1.39. The molecule has 0 fully saturated rings. The van der Waals surface area contributed by atoms with Gasteiger partial charge in [0.25, 0.3) is 0 Å². The number of hydrogen-bond acceptors (Lipinski definition) is 3. The fraction of sp³-hybridized carbons (Fsp3) is 0.769. The van der Waals surface area contributed by atoms with Crippen LogP contribution in [0.25, 0.3) is 0 Å². The molecule has 0 unspecified atom stereocenters. The average molecular weight is 270 g/mol. The molecule has 0 aliphatic heterocycles. The maximum absolute atomic E-state index is 5.66. The lowest BCUT2D eigenvalue weighted by atomic mass is 10.4. The Bertz CT molecular complexity index is 334. The van der Waals surface area contributed by atoms with Gasteiger partial charge in [0.2, 0.25) is 5.88 Å². The van der Waals surface area contributed by atoms with Crippen LogP contribution in [0.5, 0.6) is 5.88 Å². The molecule has 0 bridgehead atoms. The molecule has 5 heteroatoms. The van der Waals surface area contributed by atoms with E-state index in [1.165, 1.54) is 6.04 Å². The maximum Gasteiger partial charge on any atom is 0.213 e.